The van der Waals surface area contributed by atoms with Crippen molar-refractivity contribution in [3.05, 3.63) is 57.5 Å². The molecular formula is C16H15NO4. The molecule has 0 bridgehead atoms. The molecule has 1 N–H and O–H groups in total. The fourth-order valence-electron chi connectivity index (χ4n) is 2.64. The first kappa shape index (κ1) is 13.4. The summed E-state index contributed by atoms with van der Waals surface area (Å²) in [6, 6.07) is 8.26. The number of esters is 1. The molecule has 5 heteroatoms. The Hall–Kier alpha value is -2.56. The minimum absolute atomic E-state index is 0.121. The SMILES string of the molecule is Cc1cc2c(c(=O)n1C)[C@H](c1ccc(O)cc1)CC(=O)O2. The molecule has 0 saturated heterocycles. The van der Waals surface area contributed by atoms with Gasteiger partial charge in [-0.15, -0.1) is 0 Å². The molecule has 1 aromatic carbocycles. The van der Waals surface area contributed by atoms with Crippen LogP contribution in [0.5, 0.6) is 11.5 Å². The largest absolute Gasteiger partial charge is 0.508 e. The van der Waals surface area contributed by atoms with Gasteiger partial charge in [0.1, 0.15) is 11.5 Å². The Balaban J connectivity index is 2.21. The van der Waals surface area contributed by atoms with Crippen molar-refractivity contribution in [1.82, 2.24) is 4.57 Å². The molecule has 1 aliphatic heterocycles. The molecule has 1 aliphatic rings. The Bertz CT molecular complexity index is 774. The van der Waals surface area contributed by atoms with Gasteiger partial charge < -0.3 is 14.4 Å². The van der Waals surface area contributed by atoms with Gasteiger partial charge in [0.05, 0.1) is 12.0 Å². The number of hydrogen-bond donors (Lipinski definition) is 1. The van der Waals surface area contributed by atoms with Crippen LogP contribution in [0.25, 0.3) is 0 Å². The summed E-state index contributed by atoms with van der Waals surface area (Å²) in [6.45, 7) is 1.79. The normalized spacial score (nSPS) is 17.2. The summed E-state index contributed by atoms with van der Waals surface area (Å²) < 4.78 is 6.77. The number of aromatic nitrogens is 1. The van der Waals surface area contributed by atoms with Crippen LogP contribution >= 0.6 is 0 Å². The second-order valence-electron chi connectivity index (χ2n) is 5.25. The van der Waals surface area contributed by atoms with Gasteiger partial charge in [0.25, 0.3) is 5.56 Å². The van der Waals surface area contributed by atoms with Gasteiger partial charge in [-0.2, -0.15) is 0 Å². The van der Waals surface area contributed by atoms with Crippen molar-refractivity contribution in [2.45, 2.75) is 19.3 Å². The number of aryl methyl sites for hydroxylation is 1. The van der Waals surface area contributed by atoms with Gasteiger partial charge in [-0.05, 0) is 24.6 Å². The van der Waals surface area contributed by atoms with E-state index in [1.54, 1.807) is 48.9 Å². The van der Waals surface area contributed by atoms with E-state index in [-0.39, 0.29) is 29.6 Å². The summed E-state index contributed by atoms with van der Waals surface area (Å²) in [6.07, 6.45) is 0.121. The molecule has 108 valence electrons. The van der Waals surface area contributed by atoms with Crippen molar-refractivity contribution in [3.63, 3.8) is 0 Å². The predicted molar refractivity (Wildman–Crippen MR) is 76.6 cm³/mol. The number of phenolic OH excluding ortho intramolecular Hbond substituents is 1. The van der Waals surface area contributed by atoms with E-state index in [0.29, 0.717) is 11.3 Å². The zero-order valence-corrected chi connectivity index (χ0v) is 11.8. The van der Waals surface area contributed by atoms with E-state index in [0.717, 1.165) is 11.3 Å². The van der Waals surface area contributed by atoms with Crippen LogP contribution in [0.4, 0.5) is 0 Å². The maximum atomic E-state index is 12.5. The predicted octanol–water partition coefficient (Wildman–Crippen LogP) is 1.84. The quantitative estimate of drug-likeness (QED) is 0.812. The zero-order chi connectivity index (χ0) is 15.1. The molecule has 3 rings (SSSR count). The average molecular weight is 285 g/mol. The third kappa shape index (κ3) is 2.20. The van der Waals surface area contributed by atoms with Crippen LogP contribution in [-0.2, 0) is 11.8 Å². The molecule has 0 saturated carbocycles. The highest BCUT2D eigenvalue weighted by Crippen LogP contribution is 2.37. The first-order valence-corrected chi connectivity index (χ1v) is 6.67. The lowest BCUT2D eigenvalue weighted by Crippen LogP contribution is -2.31. The van der Waals surface area contributed by atoms with Gasteiger partial charge in [0, 0.05) is 24.7 Å². The van der Waals surface area contributed by atoms with Gasteiger partial charge in [-0.3, -0.25) is 9.59 Å². The molecular weight excluding hydrogens is 270 g/mol. The average Bonchev–Trinajstić information content (AvgIpc) is 2.44. The summed E-state index contributed by atoms with van der Waals surface area (Å²) in [5.74, 6) is -0.214. The minimum atomic E-state index is -0.353. The topological polar surface area (TPSA) is 68.5 Å². The Kier molecular flexibility index (Phi) is 3.05. The van der Waals surface area contributed by atoms with Crippen LogP contribution in [0, 0.1) is 6.92 Å². The highest BCUT2D eigenvalue weighted by atomic mass is 16.5. The van der Waals surface area contributed by atoms with E-state index in [4.69, 9.17) is 4.74 Å². The molecule has 0 spiro atoms. The molecule has 0 fully saturated rings. The lowest BCUT2D eigenvalue weighted by atomic mass is 9.87. The lowest BCUT2D eigenvalue weighted by Gasteiger charge is -2.25. The number of fused-ring (bicyclic) bond motifs is 1. The van der Waals surface area contributed by atoms with Crippen molar-refractivity contribution in [2.24, 2.45) is 7.05 Å². The maximum absolute atomic E-state index is 12.5. The molecule has 0 radical (unpaired) electrons. The van der Waals surface area contributed by atoms with Gasteiger partial charge in [-0.25, -0.2) is 0 Å². The number of pyridine rings is 1. The Morgan fingerprint density at radius 2 is 1.90 bits per heavy atom. The third-order valence-corrected chi connectivity index (χ3v) is 3.91. The van der Waals surface area contributed by atoms with E-state index < -0.39 is 0 Å². The van der Waals surface area contributed by atoms with Crippen molar-refractivity contribution < 1.29 is 14.6 Å². The number of rotatable bonds is 1. The molecule has 0 aliphatic carbocycles. The monoisotopic (exact) mass is 285 g/mol. The lowest BCUT2D eigenvalue weighted by molar-refractivity contribution is -0.135. The fraction of sp³-hybridized carbons (Fsp3) is 0.250. The molecule has 1 atom stereocenters. The molecule has 1 aromatic heterocycles. The number of carbonyl (C=O) groups excluding carboxylic acids is 1. The van der Waals surface area contributed by atoms with E-state index in [1.165, 1.54) is 0 Å². The second kappa shape index (κ2) is 4.77. The second-order valence-corrected chi connectivity index (χ2v) is 5.25. The molecule has 2 heterocycles. The molecule has 0 unspecified atom stereocenters. The molecule has 21 heavy (non-hydrogen) atoms. The van der Waals surface area contributed by atoms with Gasteiger partial charge in [0.15, 0.2) is 0 Å². The number of ether oxygens (including phenoxy) is 1. The number of phenols is 1. The van der Waals surface area contributed by atoms with Crippen molar-refractivity contribution in [3.8, 4) is 11.5 Å². The van der Waals surface area contributed by atoms with Gasteiger partial charge >= 0.3 is 5.97 Å². The standard InChI is InChI=1S/C16H15NO4/c1-9-7-13-15(16(20)17(9)2)12(8-14(19)21-13)10-3-5-11(18)6-4-10/h3-7,12,18H,8H2,1-2H3/t12-/m0/s1. The summed E-state index contributed by atoms with van der Waals surface area (Å²) in [4.78, 5) is 24.3. The Morgan fingerprint density at radius 1 is 1.24 bits per heavy atom. The fourth-order valence-corrected chi connectivity index (χ4v) is 2.64. The molecule has 0 amide bonds. The molecule has 5 nitrogen and oxygen atoms in total. The van der Waals surface area contributed by atoms with Gasteiger partial charge in [-0.1, -0.05) is 12.1 Å². The van der Waals surface area contributed by atoms with Crippen LogP contribution in [-0.4, -0.2) is 15.6 Å². The van der Waals surface area contributed by atoms with Crippen LogP contribution in [0.1, 0.15) is 29.2 Å². The van der Waals surface area contributed by atoms with Gasteiger partial charge in [0.2, 0.25) is 0 Å². The van der Waals surface area contributed by atoms with E-state index >= 15 is 0 Å². The first-order valence-electron chi connectivity index (χ1n) is 6.67. The first-order chi connectivity index (χ1) is 9.97. The zero-order valence-electron chi connectivity index (χ0n) is 11.8. The highest BCUT2D eigenvalue weighted by Gasteiger charge is 2.32. The summed E-state index contributed by atoms with van der Waals surface area (Å²) in [5.41, 5.74) is 1.88. The number of carbonyl (C=O) groups is 1. The van der Waals surface area contributed by atoms with Crippen LogP contribution in [0.2, 0.25) is 0 Å². The number of hydrogen-bond acceptors (Lipinski definition) is 4. The minimum Gasteiger partial charge on any atom is -0.508 e. The molecule has 2 aromatic rings. The van der Waals surface area contributed by atoms with Crippen molar-refractivity contribution in [1.29, 1.82) is 0 Å². The number of benzene rings is 1. The highest BCUT2D eigenvalue weighted by molar-refractivity contribution is 5.77. The third-order valence-electron chi connectivity index (χ3n) is 3.91. The van der Waals surface area contributed by atoms with E-state index in [1.807, 2.05) is 0 Å². The Morgan fingerprint density at radius 3 is 2.57 bits per heavy atom. The summed E-state index contributed by atoms with van der Waals surface area (Å²) in [7, 11) is 1.70. The van der Waals surface area contributed by atoms with Crippen LogP contribution in [0.15, 0.2) is 35.1 Å². The van der Waals surface area contributed by atoms with Crippen LogP contribution in [0.3, 0.4) is 0 Å². The number of aromatic hydroxyl groups is 1. The van der Waals surface area contributed by atoms with E-state index in [2.05, 4.69) is 0 Å². The van der Waals surface area contributed by atoms with E-state index in [9.17, 15) is 14.7 Å². The van der Waals surface area contributed by atoms with Crippen LogP contribution < -0.4 is 10.3 Å². The van der Waals surface area contributed by atoms with Crippen molar-refractivity contribution >= 4 is 5.97 Å². The number of nitrogens with zero attached hydrogens (tertiary/aromatic N) is 1. The summed E-state index contributed by atoms with van der Waals surface area (Å²) >= 11 is 0. The van der Waals surface area contributed by atoms with Crippen molar-refractivity contribution in [2.75, 3.05) is 0 Å². The Labute approximate surface area is 121 Å². The smallest absolute Gasteiger partial charge is 0.312 e. The maximum Gasteiger partial charge on any atom is 0.312 e. The summed E-state index contributed by atoms with van der Waals surface area (Å²) in [5, 5.41) is 9.38.